The summed E-state index contributed by atoms with van der Waals surface area (Å²) in [4.78, 5) is 11.8. The third-order valence-electron chi connectivity index (χ3n) is 3.10. The van der Waals surface area contributed by atoms with Crippen molar-refractivity contribution in [3.63, 3.8) is 0 Å². The van der Waals surface area contributed by atoms with Crippen molar-refractivity contribution in [2.45, 2.75) is 12.8 Å². The Morgan fingerprint density at radius 3 is 2.35 bits per heavy atom. The standard InChI is InChI=1S/C17H19NO2/c1-20-16-9-7-14(8-10-16)11-12-18-17(19)13-15-5-3-2-4-6-15/h2-10H,11-13H2,1H3,(H,18,19). The summed E-state index contributed by atoms with van der Waals surface area (Å²) >= 11 is 0. The molecular weight excluding hydrogens is 250 g/mol. The average Bonchev–Trinajstić information content (AvgIpc) is 2.49. The van der Waals surface area contributed by atoms with Crippen molar-refractivity contribution in [3.8, 4) is 5.75 Å². The molecule has 0 unspecified atom stereocenters. The summed E-state index contributed by atoms with van der Waals surface area (Å²) in [7, 11) is 1.65. The van der Waals surface area contributed by atoms with Crippen LogP contribution >= 0.6 is 0 Å². The summed E-state index contributed by atoms with van der Waals surface area (Å²) in [5.41, 5.74) is 2.22. The van der Waals surface area contributed by atoms with Crippen LogP contribution in [0.25, 0.3) is 0 Å². The van der Waals surface area contributed by atoms with Crippen LogP contribution in [0.4, 0.5) is 0 Å². The maximum Gasteiger partial charge on any atom is 0.224 e. The van der Waals surface area contributed by atoms with Crippen LogP contribution in [0.1, 0.15) is 11.1 Å². The molecule has 0 saturated heterocycles. The van der Waals surface area contributed by atoms with Gasteiger partial charge in [0, 0.05) is 6.54 Å². The number of carbonyl (C=O) groups excluding carboxylic acids is 1. The van der Waals surface area contributed by atoms with E-state index in [1.807, 2.05) is 54.6 Å². The molecule has 0 aliphatic carbocycles. The molecule has 1 amide bonds. The Bertz CT molecular complexity index is 535. The van der Waals surface area contributed by atoms with Crippen LogP contribution < -0.4 is 10.1 Å². The summed E-state index contributed by atoms with van der Waals surface area (Å²) in [6.07, 6.45) is 1.26. The molecule has 3 nitrogen and oxygen atoms in total. The Morgan fingerprint density at radius 1 is 1.00 bits per heavy atom. The molecule has 0 aliphatic rings. The fourth-order valence-corrected chi connectivity index (χ4v) is 1.98. The molecule has 2 aromatic rings. The predicted molar refractivity (Wildman–Crippen MR) is 79.9 cm³/mol. The second kappa shape index (κ2) is 7.34. The second-order valence-electron chi connectivity index (χ2n) is 4.61. The van der Waals surface area contributed by atoms with Gasteiger partial charge in [-0.2, -0.15) is 0 Å². The van der Waals surface area contributed by atoms with E-state index in [-0.39, 0.29) is 5.91 Å². The molecule has 0 heterocycles. The third kappa shape index (κ3) is 4.43. The van der Waals surface area contributed by atoms with Crippen LogP contribution in [-0.4, -0.2) is 19.6 Å². The highest BCUT2D eigenvalue weighted by Crippen LogP contribution is 2.11. The molecule has 0 saturated carbocycles. The zero-order chi connectivity index (χ0) is 14.2. The van der Waals surface area contributed by atoms with Gasteiger partial charge >= 0.3 is 0 Å². The minimum atomic E-state index is 0.0599. The zero-order valence-electron chi connectivity index (χ0n) is 11.6. The lowest BCUT2D eigenvalue weighted by Crippen LogP contribution is -2.27. The van der Waals surface area contributed by atoms with Gasteiger partial charge in [0.25, 0.3) is 0 Å². The first kappa shape index (κ1) is 14.1. The Morgan fingerprint density at radius 2 is 1.70 bits per heavy atom. The molecule has 0 bridgehead atoms. The van der Waals surface area contributed by atoms with E-state index in [1.54, 1.807) is 7.11 Å². The molecule has 0 aliphatic heterocycles. The van der Waals surface area contributed by atoms with Gasteiger partial charge in [0.05, 0.1) is 13.5 Å². The number of amides is 1. The van der Waals surface area contributed by atoms with Crippen LogP contribution in [0, 0.1) is 0 Å². The summed E-state index contributed by atoms with van der Waals surface area (Å²) in [5.74, 6) is 0.909. The van der Waals surface area contributed by atoms with E-state index in [9.17, 15) is 4.79 Å². The molecule has 0 atom stereocenters. The molecule has 0 aromatic heterocycles. The minimum absolute atomic E-state index is 0.0599. The summed E-state index contributed by atoms with van der Waals surface area (Å²) in [5, 5.41) is 2.94. The van der Waals surface area contributed by atoms with Gasteiger partial charge in [0.1, 0.15) is 5.75 Å². The molecule has 0 spiro atoms. The minimum Gasteiger partial charge on any atom is -0.497 e. The largest absolute Gasteiger partial charge is 0.497 e. The predicted octanol–water partition coefficient (Wildman–Crippen LogP) is 2.60. The molecule has 1 N–H and O–H groups in total. The number of hydrogen-bond donors (Lipinski definition) is 1. The van der Waals surface area contributed by atoms with Crippen molar-refractivity contribution in [2.75, 3.05) is 13.7 Å². The molecule has 104 valence electrons. The lowest BCUT2D eigenvalue weighted by atomic mass is 10.1. The number of ether oxygens (including phenoxy) is 1. The summed E-state index contributed by atoms with van der Waals surface area (Å²) in [6.45, 7) is 0.651. The number of carbonyl (C=O) groups is 1. The van der Waals surface area contributed by atoms with Crippen molar-refractivity contribution >= 4 is 5.91 Å². The zero-order valence-corrected chi connectivity index (χ0v) is 11.6. The lowest BCUT2D eigenvalue weighted by Gasteiger charge is -2.06. The van der Waals surface area contributed by atoms with Gasteiger partial charge < -0.3 is 10.1 Å². The number of benzene rings is 2. The fourth-order valence-electron chi connectivity index (χ4n) is 1.98. The molecule has 20 heavy (non-hydrogen) atoms. The van der Waals surface area contributed by atoms with E-state index in [2.05, 4.69) is 5.32 Å². The molecule has 2 rings (SSSR count). The van der Waals surface area contributed by atoms with Crippen LogP contribution in [0.5, 0.6) is 5.75 Å². The number of rotatable bonds is 6. The highest BCUT2D eigenvalue weighted by molar-refractivity contribution is 5.78. The quantitative estimate of drug-likeness (QED) is 0.875. The van der Waals surface area contributed by atoms with E-state index in [0.29, 0.717) is 13.0 Å². The molecule has 2 aromatic carbocycles. The average molecular weight is 269 g/mol. The van der Waals surface area contributed by atoms with Crippen molar-refractivity contribution < 1.29 is 9.53 Å². The molecular formula is C17H19NO2. The maximum absolute atomic E-state index is 11.8. The van der Waals surface area contributed by atoms with Gasteiger partial charge in [-0.05, 0) is 29.7 Å². The van der Waals surface area contributed by atoms with Crippen LogP contribution in [0.3, 0.4) is 0 Å². The second-order valence-corrected chi connectivity index (χ2v) is 4.61. The van der Waals surface area contributed by atoms with Crippen LogP contribution in [0.15, 0.2) is 54.6 Å². The lowest BCUT2D eigenvalue weighted by molar-refractivity contribution is -0.120. The first-order valence-corrected chi connectivity index (χ1v) is 6.71. The summed E-state index contributed by atoms with van der Waals surface area (Å²) in [6, 6.07) is 17.7. The van der Waals surface area contributed by atoms with Crippen LogP contribution in [-0.2, 0) is 17.6 Å². The SMILES string of the molecule is COc1ccc(CCNC(=O)Cc2ccccc2)cc1. The van der Waals surface area contributed by atoms with Crippen molar-refractivity contribution in [1.82, 2.24) is 5.32 Å². The number of methoxy groups -OCH3 is 1. The fraction of sp³-hybridized carbons (Fsp3) is 0.235. The Balaban J connectivity index is 1.73. The van der Waals surface area contributed by atoms with Gasteiger partial charge in [-0.1, -0.05) is 42.5 Å². The van der Waals surface area contributed by atoms with Gasteiger partial charge in [0.2, 0.25) is 5.91 Å². The topological polar surface area (TPSA) is 38.3 Å². The van der Waals surface area contributed by atoms with E-state index >= 15 is 0 Å². The van der Waals surface area contributed by atoms with Gasteiger partial charge in [-0.25, -0.2) is 0 Å². The normalized spacial score (nSPS) is 10.1. The first-order valence-electron chi connectivity index (χ1n) is 6.71. The number of hydrogen-bond acceptors (Lipinski definition) is 2. The smallest absolute Gasteiger partial charge is 0.224 e. The molecule has 0 radical (unpaired) electrons. The molecule has 3 heteroatoms. The Labute approximate surface area is 119 Å². The van der Waals surface area contributed by atoms with Crippen molar-refractivity contribution in [3.05, 3.63) is 65.7 Å². The Hall–Kier alpha value is -2.29. The van der Waals surface area contributed by atoms with E-state index in [4.69, 9.17) is 4.74 Å². The van der Waals surface area contributed by atoms with Gasteiger partial charge in [-0.3, -0.25) is 4.79 Å². The molecule has 0 fully saturated rings. The Kier molecular flexibility index (Phi) is 5.18. The monoisotopic (exact) mass is 269 g/mol. The summed E-state index contributed by atoms with van der Waals surface area (Å²) < 4.78 is 5.11. The van der Waals surface area contributed by atoms with Gasteiger partial charge in [0.15, 0.2) is 0 Å². The van der Waals surface area contributed by atoms with Gasteiger partial charge in [-0.15, -0.1) is 0 Å². The van der Waals surface area contributed by atoms with E-state index in [1.165, 1.54) is 5.56 Å². The van der Waals surface area contributed by atoms with E-state index in [0.717, 1.165) is 17.7 Å². The van der Waals surface area contributed by atoms with Crippen molar-refractivity contribution in [1.29, 1.82) is 0 Å². The number of nitrogens with one attached hydrogen (secondary N) is 1. The van der Waals surface area contributed by atoms with E-state index < -0.39 is 0 Å². The third-order valence-corrected chi connectivity index (χ3v) is 3.10. The maximum atomic E-state index is 11.8. The highest BCUT2D eigenvalue weighted by atomic mass is 16.5. The van der Waals surface area contributed by atoms with Crippen molar-refractivity contribution in [2.24, 2.45) is 0 Å². The highest BCUT2D eigenvalue weighted by Gasteiger charge is 2.02. The first-order chi connectivity index (χ1) is 9.78. The van der Waals surface area contributed by atoms with Crippen LogP contribution in [0.2, 0.25) is 0 Å².